The summed E-state index contributed by atoms with van der Waals surface area (Å²) >= 11 is 0. The van der Waals surface area contributed by atoms with Gasteiger partial charge in [-0.15, -0.1) is 0 Å². The molecule has 0 spiro atoms. The standard InChI is InChI=1S/C20H24N2O3S/c1-3-16-7-4-5-8-18(16)21-20(23)19-9-6-14-22(19)26(24,25)17-12-10-15(2)11-13-17/h4-5,7-8,10-13,19H,3,6,9,14H2,1-2H3,(H,21,23)/t19-/m0/s1. The van der Waals surface area contributed by atoms with Crippen molar-refractivity contribution in [1.29, 1.82) is 0 Å². The van der Waals surface area contributed by atoms with Gasteiger partial charge in [0.15, 0.2) is 0 Å². The number of carbonyl (C=O) groups excluding carboxylic acids is 1. The van der Waals surface area contributed by atoms with Crippen molar-refractivity contribution < 1.29 is 13.2 Å². The fraction of sp³-hybridized carbons (Fsp3) is 0.350. The summed E-state index contributed by atoms with van der Waals surface area (Å²) in [4.78, 5) is 13.0. The van der Waals surface area contributed by atoms with Crippen LogP contribution < -0.4 is 5.32 Å². The molecule has 1 heterocycles. The Labute approximate surface area is 155 Å². The predicted octanol–water partition coefficient (Wildman–Crippen LogP) is 3.35. The molecule has 0 bridgehead atoms. The molecule has 6 heteroatoms. The van der Waals surface area contributed by atoms with Crippen molar-refractivity contribution >= 4 is 21.6 Å². The number of hydrogen-bond acceptors (Lipinski definition) is 3. The van der Waals surface area contributed by atoms with Gasteiger partial charge in [0, 0.05) is 12.2 Å². The summed E-state index contributed by atoms with van der Waals surface area (Å²) in [5.41, 5.74) is 2.78. The highest BCUT2D eigenvalue weighted by atomic mass is 32.2. The minimum atomic E-state index is -3.69. The first-order chi connectivity index (χ1) is 12.4. The van der Waals surface area contributed by atoms with Crippen LogP contribution >= 0.6 is 0 Å². The molecule has 2 aromatic carbocycles. The van der Waals surface area contributed by atoms with E-state index in [0.717, 1.165) is 23.2 Å². The monoisotopic (exact) mass is 372 g/mol. The number of aryl methyl sites for hydroxylation is 2. The molecule has 0 radical (unpaired) electrons. The number of benzene rings is 2. The minimum Gasteiger partial charge on any atom is -0.324 e. The Hall–Kier alpha value is -2.18. The SMILES string of the molecule is CCc1ccccc1NC(=O)[C@@H]1CCCN1S(=O)(=O)c1ccc(C)cc1. The van der Waals surface area contributed by atoms with E-state index in [1.165, 1.54) is 4.31 Å². The second kappa shape index (κ2) is 7.60. The van der Waals surface area contributed by atoms with Crippen LogP contribution in [0, 0.1) is 6.92 Å². The van der Waals surface area contributed by atoms with Gasteiger partial charge < -0.3 is 5.32 Å². The van der Waals surface area contributed by atoms with Crippen LogP contribution in [-0.4, -0.2) is 31.2 Å². The van der Waals surface area contributed by atoms with Crippen molar-refractivity contribution in [2.24, 2.45) is 0 Å². The maximum Gasteiger partial charge on any atom is 0.243 e. The summed E-state index contributed by atoms with van der Waals surface area (Å²) in [6.07, 6.45) is 2.01. The number of para-hydroxylation sites is 1. The Balaban J connectivity index is 1.83. The van der Waals surface area contributed by atoms with Gasteiger partial charge in [-0.05, 0) is 49.9 Å². The zero-order valence-corrected chi connectivity index (χ0v) is 15.9. The lowest BCUT2D eigenvalue weighted by Gasteiger charge is -2.24. The van der Waals surface area contributed by atoms with E-state index in [0.29, 0.717) is 19.4 Å². The molecular weight excluding hydrogens is 348 g/mol. The number of hydrogen-bond donors (Lipinski definition) is 1. The molecule has 138 valence electrons. The van der Waals surface area contributed by atoms with Gasteiger partial charge >= 0.3 is 0 Å². The lowest BCUT2D eigenvalue weighted by atomic mass is 10.1. The van der Waals surface area contributed by atoms with E-state index < -0.39 is 16.1 Å². The lowest BCUT2D eigenvalue weighted by Crippen LogP contribution is -2.43. The van der Waals surface area contributed by atoms with Gasteiger partial charge in [0.05, 0.1) is 4.90 Å². The van der Waals surface area contributed by atoms with Crippen molar-refractivity contribution in [3.8, 4) is 0 Å². The molecule has 1 N–H and O–H groups in total. The van der Waals surface area contributed by atoms with Gasteiger partial charge in [-0.25, -0.2) is 8.42 Å². The highest BCUT2D eigenvalue weighted by Crippen LogP contribution is 2.27. The molecule has 0 unspecified atom stereocenters. The van der Waals surface area contributed by atoms with Gasteiger partial charge in [-0.3, -0.25) is 4.79 Å². The first kappa shape index (κ1) is 18.6. The van der Waals surface area contributed by atoms with Crippen LogP contribution in [0.25, 0.3) is 0 Å². The smallest absolute Gasteiger partial charge is 0.243 e. The van der Waals surface area contributed by atoms with Gasteiger partial charge in [-0.1, -0.05) is 42.8 Å². The van der Waals surface area contributed by atoms with Crippen LogP contribution in [0.15, 0.2) is 53.4 Å². The van der Waals surface area contributed by atoms with Crippen molar-refractivity contribution in [3.63, 3.8) is 0 Å². The summed E-state index contributed by atoms with van der Waals surface area (Å²) in [7, 11) is -3.69. The number of amides is 1. The maximum atomic E-state index is 13.0. The molecular formula is C20H24N2O3S. The third-order valence-corrected chi connectivity index (χ3v) is 6.71. The Morgan fingerprint density at radius 2 is 1.85 bits per heavy atom. The second-order valence-electron chi connectivity index (χ2n) is 6.59. The van der Waals surface area contributed by atoms with E-state index in [9.17, 15) is 13.2 Å². The van der Waals surface area contributed by atoms with Crippen LogP contribution in [0.4, 0.5) is 5.69 Å². The highest BCUT2D eigenvalue weighted by Gasteiger charge is 2.39. The Kier molecular flexibility index (Phi) is 5.44. The zero-order chi connectivity index (χ0) is 18.7. The van der Waals surface area contributed by atoms with E-state index in [1.54, 1.807) is 24.3 Å². The molecule has 0 aromatic heterocycles. The fourth-order valence-corrected chi connectivity index (χ4v) is 4.96. The number of nitrogens with one attached hydrogen (secondary N) is 1. The minimum absolute atomic E-state index is 0.233. The molecule has 26 heavy (non-hydrogen) atoms. The van der Waals surface area contributed by atoms with Crippen molar-refractivity contribution in [1.82, 2.24) is 4.31 Å². The molecule has 1 saturated heterocycles. The van der Waals surface area contributed by atoms with E-state index in [4.69, 9.17) is 0 Å². The molecule has 0 aliphatic carbocycles. The lowest BCUT2D eigenvalue weighted by molar-refractivity contribution is -0.119. The van der Waals surface area contributed by atoms with E-state index in [1.807, 2.05) is 38.1 Å². The number of carbonyl (C=O) groups is 1. The molecule has 1 aliphatic heterocycles. The molecule has 0 saturated carbocycles. The van der Waals surface area contributed by atoms with Gasteiger partial charge in [0.1, 0.15) is 6.04 Å². The predicted molar refractivity (Wildman–Crippen MR) is 103 cm³/mol. The zero-order valence-electron chi connectivity index (χ0n) is 15.1. The van der Waals surface area contributed by atoms with Crippen LogP contribution in [0.2, 0.25) is 0 Å². The van der Waals surface area contributed by atoms with Crippen LogP contribution in [0.3, 0.4) is 0 Å². The summed E-state index contributed by atoms with van der Waals surface area (Å²) < 4.78 is 27.3. The molecule has 3 rings (SSSR count). The van der Waals surface area contributed by atoms with Crippen molar-refractivity contribution in [3.05, 3.63) is 59.7 Å². The topological polar surface area (TPSA) is 66.5 Å². The summed E-state index contributed by atoms with van der Waals surface area (Å²) in [6.45, 7) is 4.30. The average Bonchev–Trinajstić information content (AvgIpc) is 3.13. The van der Waals surface area contributed by atoms with Crippen molar-refractivity contribution in [2.75, 3.05) is 11.9 Å². The molecule has 1 amide bonds. The normalized spacial score (nSPS) is 18.0. The number of anilines is 1. The van der Waals surface area contributed by atoms with Crippen LogP contribution in [0.1, 0.15) is 30.9 Å². The van der Waals surface area contributed by atoms with Crippen molar-refractivity contribution in [2.45, 2.75) is 44.0 Å². The van der Waals surface area contributed by atoms with Crippen LogP contribution in [-0.2, 0) is 21.2 Å². The Morgan fingerprint density at radius 3 is 2.54 bits per heavy atom. The summed E-state index contributed by atoms with van der Waals surface area (Å²) in [6, 6.07) is 13.7. The van der Waals surface area contributed by atoms with Gasteiger partial charge in [-0.2, -0.15) is 4.31 Å². The van der Waals surface area contributed by atoms with E-state index in [-0.39, 0.29) is 10.8 Å². The van der Waals surface area contributed by atoms with E-state index in [2.05, 4.69) is 5.32 Å². The second-order valence-corrected chi connectivity index (χ2v) is 8.48. The first-order valence-electron chi connectivity index (χ1n) is 8.90. The third kappa shape index (κ3) is 3.66. The number of nitrogens with zero attached hydrogens (tertiary/aromatic N) is 1. The third-order valence-electron chi connectivity index (χ3n) is 4.79. The molecule has 1 fully saturated rings. The van der Waals surface area contributed by atoms with Gasteiger partial charge in [0.25, 0.3) is 0 Å². The Morgan fingerprint density at radius 1 is 1.15 bits per heavy atom. The quantitative estimate of drug-likeness (QED) is 0.875. The molecule has 2 aromatic rings. The maximum absolute atomic E-state index is 13.0. The molecule has 1 aliphatic rings. The highest BCUT2D eigenvalue weighted by molar-refractivity contribution is 7.89. The average molecular weight is 372 g/mol. The number of sulfonamides is 1. The summed E-state index contributed by atoms with van der Waals surface area (Å²) in [5.74, 6) is -0.265. The Bertz CT molecular complexity index is 892. The summed E-state index contributed by atoms with van der Waals surface area (Å²) in [5, 5.41) is 2.92. The van der Waals surface area contributed by atoms with Gasteiger partial charge in [0.2, 0.25) is 15.9 Å². The molecule has 5 nitrogen and oxygen atoms in total. The van der Waals surface area contributed by atoms with E-state index >= 15 is 0 Å². The first-order valence-corrected chi connectivity index (χ1v) is 10.3. The fourth-order valence-electron chi connectivity index (χ4n) is 3.30. The number of rotatable bonds is 5. The largest absolute Gasteiger partial charge is 0.324 e. The molecule has 1 atom stereocenters. The van der Waals surface area contributed by atoms with Crippen LogP contribution in [0.5, 0.6) is 0 Å².